The fraction of sp³-hybridized carbons (Fsp3) is 0.306. The van der Waals surface area contributed by atoms with Crippen LogP contribution in [0.3, 0.4) is 0 Å². The number of allylic oxidation sites excluding steroid dienone is 1. The van der Waals surface area contributed by atoms with Crippen molar-refractivity contribution in [2.45, 2.75) is 68.7 Å². The van der Waals surface area contributed by atoms with Crippen molar-refractivity contribution in [1.82, 2.24) is 10.3 Å². The quantitative estimate of drug-likeness (QED) is 0.0879. The van der Waals surface area contributed by atoms with Crippen LogP contribution in [0.2, 0.25) is 0 Å². The van der Waals surface area contributed by atoms with Gasteiger partial charge in [-0.3, -0.25) is 5.32 Å². The molecule has 58 heavy (non-hydrogen) atoms. The number of aromatic hydroxyl groups is 2. The highest BCUT2D eigenvalue weighted by atomic mass is 16.6. The smallest absolute Gasteiger partial charge is 0.161 e. The molecule has 2 aliphatic heterocycles. The number of phenolic OH excluding ortho intramolecular Hbond substituents is 2. The summed E-state index contributed by atoms with van der Waals surface area (Å²) in [4.78, 5) is 3.33. The van der Waals surface area contributed by atoms with E-state index in [4.69, 9.17) is 18.9 Å². The molecule has 0 bridgehead atoms. The van der Waals surface area contributed by atoms with E-state index in [1.807, 2.05) is 49.6 Å². The van der Waals surface area contributed by atoms with Gasteiger partial charge in [0.2, 0.25) is 0 Å². The van der Waals surface area contributed by atoms with E-state index >= 15 is 0 Å². The number of aryl methyl sites for hydroxylation is 2. The number of benzene rings is 5. The zero-order valence-corrected chi connectivity index (χ0v) is 32.8. The fourth-order valence-corrected chi connectivity index (χ4v) is 10.0. The minimum atomic E-state index is -0.513. The third-order valence-corrected chi connectivity index (χ3v) is 12.8. The molecule has 0 fully saturated rings. The number of aliphatic hydroxyl groups is 1. The lowest BCUT2D eigenvalue weighted by Crippen LogP contribution is -2.37. The number of nitrogens with one attached hydrogen (secondary N) is 2. The summed E-state index contributed by atoms with van der Waals surface area (Å²) in [5.74, 6) is 2.47. The largest absolute Gasteiger partial charge is 0.507 e. The second kappa shape index (κ2) is 14.9. The first-order valence-electron chi connectivity index (χ1n) is 20.4. The molecule has 6 aromatic rings. The molecule has 4 aliphatic rings. The SMILES string of the molecule is CNCOC1Cc2c3c(c4c(c2OC1c1cc(CCc2ccccc2)c(O)c(OC)c1)CCC(CO)O4)-c1ccc(O)c2c1C(C3)C(c1ccc3[nH]ccc3c1)C=C2. The fourth-order valence-electron chi connectivity index (χ4n) is 10.0. The predicted octanol–water partition coefficient (Wildman–Crippen LogP) is 8.41. The van der Waals surface area contributed by atoms with Gasteiger partial charge in [-0.1, -0.05) is 54.6 Å². The lowest BCUT2D eigenvalue weighted by molar-refractivity contribution is -0.0436. The summed E-state index contributed by atoms with van der Waals surface area (Å²) in [5.41, 5.74) is 12.5. The molecule has 5 N–H and O–H groups in total. The van der Waals surface area contributed by atoms with Gasteiger partial charge in [-0.25, -0.2) is 0 Å². The molecule has 0 spiro atoms. The van der Waals surface area contributed by atoms with Crippen molar-refractivity contribution in [2.24, 2.45) is 0 Å². The van der Waals surface area contributed by atoms with Crippen molar-refractivity contribution in [3.05, 3.63) is 141 Å². The van der Waals surface area contributed by atoms with Gasteiger partial charge in [0.05, 0.1) is 20.4 Å². The Morgan fingerprint density at radius 2 is 1.76 bits per heavy atom. The van der Waals surface area contributed by atoms with Crippen LogP contribution in [0.4, 0.5) is 0 Å². The number of hydrogen-bond acceptors (Lipinski definition) is 8. The molecule has 9 heteroatoms. The van der Waals surface area contributed by atoms with Gasteiger partial charge in [-0.05, 0) is 126 Å². The van der Waals surface area contributed by atoms with Gasteiger partial charge in [0, 0.05) is 46.3 Å². The van der Waals surface area contributed by atoms with Crippen molar-refractivity contribution >= 4 is 17.0 Å². The molecule has 2 aliphatic carbocycles. The van der Waals surface area contributed by atoms with Crippen molar-refractivity contribution in [3.8, 4) is 39.9 Å². The van der Waals surface area contributed by atoms with Gasteiger partial charge in [-0.2, -0.15) is 0 Å². The van der Waals surface area contributed by atoms with E-state index in [0.29, 0.717) is 44.6 Å². The van der Waals surface area contributed by atoms with E-state index in [9.17, 15) is 15.3 Å². The Morgan fingerprint density at radius 3 is 2.59 bits per heavy atom. The summed E-state index contributed by atoms with van der Waals surface area (Å²) in [5, 5.41) is 37.4. The standard InChI is InChI=1S/C49H48N2O7/c1-50-26-56-43-24-39-38-23-37-33(28-10-16-40-29(20-28)18-19-51-40)13-14-34-41(53)17-15-35(44(34)37)45(38)49-36(12-11-32(25-52)57-49)48(39)58-47(43)31-21-30(46(54)42(22-31)55-2)9-8-27-6-4-3-5-7-27/h3-7,10,13-22,32-33,37,43,47,50-54H,8-9,11-12,23-26H2,1-2H3. The molecule has 9 nitrogen and oxygen atoms in total. The van der Waals surface area contributed by atoms with Crippen molar-refractivity contribution in [2.75, 3.05) is 27.5 Å². The van der Waals surface area contributed by atoms with E-state index in [1.165, 1.54) is 11.1 Å². The molecule has 296 valence electrons. The van der Waals surface area contributed by atoms with E-state index in [-0.39, 0.29) is 42.1 Å². The minimum absolute atomic E-state index is 0.0355. The maximum absolute atomic E-state index is 11.3. The van der Waals surface area contributed by atoms with E-state index < -0.39 is 6.10 Å². The number of fused-ring (bicyclic) bond motifs is 8. The average Bonchev–Trinajstić information content (AvgIpc) is 3.74. The highest BCUT2D eigenvalue weighted by Crippen LogP contribution is 2.59. The predicted molar refractivity (Wildman–Crippen MR) is 224 cm³/mol. The summed E-state index contributed by atoms with van der Waals surface area (Å²) >= 11 is 0. The molecule has 0 saturated heterocycles. The number of aliphatic hydroxyl groups excluding tert-OH is 1. The molecular weight excluding hydrogens is 729 g/mol. The van der Waals surface area contributed by atoms with Crippen molar-refractivity contribution < 1.29 is 34.3 Å². The third-order valence-electron chi connectivity index (χ3n) is 12.8. The molecule has 0 amide bonds. The van der Waals surface area contributed by atoms with Crippen molar-refractivity contribution in [3.63, 3.8) is 0 Å². The summed E-state index contributed by atoms with van der Waals surface area (Å²) < 4.78 is 26.5. The second-order valence-electron chi connectivity index (χ2n) is 16.1. The van der Waals surface area contributed by atoms with Gasteiger partial charge in [0.25, 0.3) is 0 Å². The van der Waals surface area contributed by atoms with Crippen LogP contribution < -0.4 is 19.5 Å². The number of methoxy groups -OCH3 is 1. The molecule has 5 unspecified atom stereocenters. The highest BCUT2D eigenvalue weighted by Gasteiger charge is 2.44. The molecule has 0 radical (unpaired) electrons. The second-order valence-corrected chi connectivity index (χ2v) is 16.1. The van der Waals surface area contributed by atoms with Gasteiger partial charge in [-0.15, -0.1) is 0 Å². The topological polar surface area (TPSA) is 125 Å². The average molecular weight is 777 g/mol. The van der Waals surface area contributed by atoms with Crippen LogP contribution in [0.25, 0.3) is 28.1 Å². The monoisotopic (exact) mass is 776 g/mol. The zero-order valence-electron chi connectivity index (χ0n) is 32.8. The first-order chi connectivity index (χ1) is 28.4. The van der Waals surface area contributed by atoms with Crippen LogP contribution in [0.5, 0.6) is 28.7 Å². The van der Waals surface area contributed by atoms with Crippen LogP contribution in [0, 0.1) is 0 Å². The van der Waals surface area contributed by atoms with Gasteiger partial charge in [0.1, 0.15) is 29.5 Å². The van der Waals surface area contributed by atoms with Crippen LogP contribution in [-0.2, 0) is 36.8 Å². The number of aromatic nitrogens is 1. The number of H-pyrrole nitrogens is 1. The Balaban J connectivity index is 1.12. The molecular formula is C49H48N2O7. The summed E-state index contributed by atoms with van der Waals surface area (Å²) in [6.45, 7) is 0.240. The van der Waals surface area contributed by atoms with Crippen LogP contribution in [0.1, 0.15) is 74.4 Å². The van der Waals surface area contributed by atoms with Gasteiger partial charge < -0.3 is 39.3 Å². The molecule has 3 heterocycles. The number of hydrogen-bond donors (Lipinski definition) is 5. The van der Waals surface area contributed by atoms with Gasteiger partial charge in [0.15, 0.2) is 17.6 Å². The Labute approximate surface area is 337 Å². The Hall–Kier alpha value is -5.74. The number of aromatic amines is 1. The maximum atomic E-state index is 11.3. The number of phenols is 2. The lowest BCUT2D eigenvalue weighted by atomic mass is 9.65. The Bertz CT molecular complexity index is 2560. The Morgan fingerprint density at radius 1 is 0.879 bits per heavy atom. The zero-order chi connectivity index (χ0) is 39.5. The highest BCUT2D eigenvalue weighted by molar-refractivity contribution is 5.89. The summed E-state index contributed by atoms with van der Waals surface area (Å²) in [6.07, 6.45) is 9.07. The van der Waals surface area contributed by atoms with Gasteiger partial charge >= 0.3 is 0 Å². The minimum Gasteiger partial charge on any atom is -0.507 e. The lowest BCUT2D eigenvalue weighted by Gasteiger charge is -2.43. The third kappa shape index (κ3) is 6.11. The Kier molecular flexibility index (Phi) is 9.39. The van der Waals surface area contributed by atoms with Crippen LogP contribution in [-0.4, -0.2) is 60.0 Å². The van der Waals surface area contributed by atoms with Crippen LogP contribution >= 0.6 is 0 Å². The summed E-state index contributed by atoms with van der Waals surface area (Å²) in [7, 11) is 3.45. The number of rotatable bonds is 10. The first-order valence-corrected chi connectivity index (χ1v) is 20.4. The molecule has 5 atom stereocenters. The summed E-state index contributed by atoms with van der Waals surface area (Å²) in [6, 6.07) is 26.8. The molecule has 10 rings (SSSR count). The van der Waals surface area contributed by atoms with E-state index in [2.05, 4.69) is 58.9 Å². The molecule has 5 aromatic carbocycles. The molecule has 0 saturated carbocycles. The number of ether oxygens (including phenoxy) is 4. The van der Waals surface area contributed by atoms with Crippen molar-refractivity contribution in [1.29, 1.82) is 0 Å². The normalized spacial score (nSPS) is 21.3. The van der Waals surface area contributed by atoms with E-state index in [0.717, 1.165) is 78.9 Å². The maximum Gasteiger partial charge on any atom is 0.161 e. The molecule has 1 aromatic heterocycles. The van der Waals surface area contributed by atoms with Crippen LogP contribution in [0.15, 0.2) is 91.1 Å². The van der Waals surface area contributed by atoms with E-state index in [1.54, 1.807) is 13.2 Å². The first kappa shape index (κ1) is 36.6.